The summed E-state index contributed by atoms with van der Waals surface area (Å²) in [5.74, 6) is 0.828. The highest BCUT2D eigenvalue weighted by atomic mass is 32.2. The number of aliphatic imine (C=N–C) groups is 1. The van der Waals surface area contributed by atoms with Gasteiger partial charge in [0.2, 0.25) is 10.0 Å². The lowest BCUT2D eigenvalue weighted by Gasteiger charge is -2.41. The first-order valence-electron chi connectivity index (χ1n) is 10.3. The molecule has 2 saturated heterocycles. The molecule has 1 aromatic carbocycles. The van der Waals surface area contributed by atoms with Gasteiger partial charge in [-0.3, -0.25) is 4.99 Å². The second kappa shape index (κ2) is 8.84. The van der Waals surface area contributed by atoms with Crippen molar-refractivity contribution in [3.8, 4) is 0 Å². The Morgan fingerprint density at radius 1 is 1.11 bits per heavy atom. The summed E-state index contributed by atoms with van der Waals surface area (Å²) < 4.78 is 27.8. The van der Waals surface area contributed by atoms with E-state index in [0.29, 0.717) is 24.0 Å². The first kappa shape index (κ1) is 20.5. The molecule has 150 valence electrons. The second-order valence-electron chi connectivity index (χ2n) is 8.02. The van der Waals surface area contributed by atoms with Crippen molar-refractivity contribution in [2.75, 3.05) is 26.2 Å². The fourth-order valence-corrected chi connectivity index (χ4v) is 5.67. The van der Waals surface area contributed by atoms with Crippen LogP contribution in [0.25, 0.3) is 0 Å². The predicted octanol–water partition coefficient (Wildman–Crippen LogP) is 3.99. The van der Waals surface area contributed by atoms with Gasteiger partial charge >= 0.3 is 0 Å². The number of likely N-dealkylation sites (tertiary alicyclic amines) is 1. The smallest absolute Gasteiger partial charge is 0.243 e. The van der Waals surface area contributed by atoms with Gasteiger partial charge in [0.25, 0.3) is 0 Å². The lowest BCUT2D eigenvalue weighted by Crippen LogP contribution is -2.48. The van der Waals surface area contributed by atoms with Crippen molar-refractivity contribution in [3.63, 3.8) is 0 Å². The number of sulfonamides is 1. The first-order valence-corrected chi connectivity index (χ1v) is 11.7. The topological polar surface area (TPSA) is 53.0 Å². The highest BCUT2D eigenvalue weighted by Crippen LogP contribution is 2.28. The van der Waals surface area contributed by atoms with Gasteiger partial charge in [-0.1, -0.05) is 13.8 Å². The Morgan fingerprint density at radius 2 is 1.78 bits per heavy atom. The van der Waals surface area contributed by atoms with Crippen molar-refractivity contribution in [3.05, 3.63) is 23.8 Å². The third-order valence-electron chi connectivity index (χ3n) is 5.98. The number of nitrogens with zero attached hydrogens (tertiary/aromatic N) is 3. The van der Waals surface area contributed by atoms with Crippen LogP contribution < -0.4 is 0 Å². The fourth-order valence-electron chi connectivity index (χ4n) is 4.11. The lowest BCUT2D eigenvalue weighted by atomic mass is 9.95. The third kappa shape index (κ3) is 4.79. The maximum Gasteiger partial charge on any atom is 0.243 e. The Morgan fingerprint density at radius 3 is 2.37 bits per heavy atom. The standard InChI is InChI=1S/C21H33N3O2S/c1-4-11-22-21-6-5-20(16-18(21)3)27(25,26)24-14-9-19(10-15-24)23-12-7-17(2)8-13-23/h5-6,11,16-17,19H,4,7-10,12-15H2,1-3H3. The molecule has 0 bridgehead atoms. The van der Waals surface area contributed by atoms with Crippen molar-refractivity contribution < 1.29 is 8.42 Å². The SMILES string of the molecule is CCC=Nc1ccc(S(=O)(=O)N2CCC(N3CCC(C)CC3)CC2)cc1C. The van der Waals surface area contributed by atoms with Crippen LogP contribution >= 0.6 is 0 Å². The van der Waals surface area contributed by atoms with E-state index in [9.17, 15) is 8.42 Å². The molecule has 2 fully saturated rings. The van der Waals surface area contributed by atoms with E-state index in [1.807, 2.05) is 26.1 Å². The maximum absolute atomic E-state index is 13.1. The molecule has 2 aliphatic heterocycles. The van der Waals surface area contributed by atoms with Crippen molar-refractivity contribution in [2.24, 2.45) is 10.9 Å². The van der Waals surface area contributed by atoms with Crippen LogP contribution in [0.3, 0.4) is 0 Å². The first-order chi connectivity index (χ1) is 12.9. The number of benzene rings is 1. The van der Waals surface area contributed by atoms with Crippen LogP contribution in [0.5, 0.6) is 0 Å². The molecule has 0 spiro atoms. The van der Waals surface area contributed by atoms with Gasteiger partial charge in [0.05, 0.1) is 10.6 Å². The van der Waals surface area contributed by atoms with E-state index < -0.39 is 10.0 Å². The third-order valence-corrected chi connectivity index (χ3v) is 7.87. The molecule has 27 heavy (non-hydrogen) atoms. The zero-order valence-electron chi connectivity index (χ0n) is 16.9. The molecule has 0 aliphatic carbocycles. The molecule has 0 N–H and O–H groups in total. The van der Waals surface area contributed by atoms with E-state index in [1.165, 1.54) is 12.8 Å². The van der Waals surface area contributed by atoms with Gasteiger partial charge < -0.3 is 4.90 Å². The summed E-state index contributed by atoms with van der Waals surface area (Å²) in [6.07, 6.45) is 7.12. The number of hydrogen-bond donors (Lipinski definition) is 0. The number of rotatable bonds is 5. The van der Waals surface area contributed by atoms with Gasteiger partial charge in [0, 0.05) is 25.3 Å². The van der Waals surface area contributed by atoms with E-state index in [0.717, 1.165) is 49.5 Å². The van der Waals surface area contributed by atoms with Gasteiger partial charge in [-0.15, -0.1) is 0 Å². The monoisotopic (exact) mass is 391 g/mol. The van der Waals surface area contributed by atoms with E-state index in [4.69, 9.17) is 0 Å². The highest BCUT2D eigenvalue weighted by molar-refractivity contribution is 7.89. The lowest BCUT2D eigenvalue weighted by molar-refractivity contribution is 0.101. The van der Waals surface area contributed by atoms with E-state index in [-0.39, 0.29) is 0 Å². The Labute approximate surface area is 164 Å². The molecule has 0 amide bonds. The molecule has 1 aromatic rings. The van der Waals surface area contributed by atoms with Crippen LogP contribution in [0.4, 0.5) is 5.69 Å². The van der Waals surface area contributed by atoms with Crippen molar-refractivity contribution >= 4 is 21.9 Å². The molecule has 0 saturated carbocycles. The van der Waals surface area contributed by atoms with Gasteiger partial charge in [-0.2, -0.15) is 4.31 Å². The van der Waals surface area contributed by atoms with Crippen molar-refractivity contribution in [1.29, 1.82) is 0 Å². The Hall–Kier alpha value is -1.24. The minimum Gasteiger partial charge on any atom is -0.300 e. The second-order valence-corrected chi connectivity index (χ2v) is 9.96. The van der Waals surface area contributed by atoms with Crippen LogP contribution in [-0.4, -0.2) is 56.1 Å². The van der Waals surface area contributed by atoms with Crippen molar-refractivity contribution in [1.82, 2.24) is 9.21 Å². The summed E-state index contributed by atoms with van der Waals surface area (Å²) in [5.41, 5.74) is 1.74. The van der Waals surface area contributed by atoms with Gasteiger partial charge in [0.1, 0.15) is 0 Å². The summed E-state index contributed by atoms with van der Waals surface area (Å²) in [5, 5.41) is 0. The number of piperidine rings is 2. The van der Waals surface area contributed by atoms with Crippen LogP contribution in [0, 0.1) is 12.8 Å². The van der Waals surface area contributed by atoms with E-state index in [2.05, 4.69) is 16.8 Å². The molecule has 0 radical (unpaired) electrons. The summed E-state index contributed by atoms with van der Waals surface area (Å²) >= 11 is 0. The molecule has 2 heterocycles. The molecule has 3 rings (SSSR count). The largest absolute Gasteiger partial charge is 0.300 e. The zero-order valence-corrected chi connectivity index (χ0v) is 17.7. The van der Waals surface area contributed by atoms with Crippen LogP contribution in [-0.2, 0) is 10.0 Å². The predicted molar refractivity (Wildman–Crippen MR) is 111 cm³/mol. The summed E-state index contributed by atoms with van der Waals surface area (Å²) in [7, 11) is -3.42. The summed E-state index contributed by atoms with van der Waals surface area (Å²) in [6, 6.07) is 5.81. The Balaban J connectivity index is 1.64. The molecular formula is C21H33N3O2S. The fraction of sp³-hybridized carbons (Fsp3) is 0.667. The number of hydrogen-bond acceptors (Lipinski definition) is 4. The van der Waals surface area contributed by atoms with Gasteiger partial charge in [0.15, 0.2) is 0 Å². The zero-order chi connectivity index (χ0) is 19.4. The average molecular weight is 392 g/mol. The molecule has 0 aromatic heterocycles. The minimum atomic E-state index is -3.42. The molecular weight excluding hydrogens is 358 g/mol. The highest BCUT2D eigenvalue weighted by Gasteiger charge is 2.32. The summed E-state index contributed by atoms with van der Waals surface area (Å²) in [6.45, 7) is 9.85. The van der Waals surface area contributed by atoms with E-state index >= 15 is 0 Å². The minimum absolute atomic E-state index is 0.390. The molecule has 2 aliphatic rings. The van der Waals surface area contributed by atoms with Crippen LogP contribution in [0.2, 0.25) is 0 Å². The van der Waals surface area contributed by atoms with Crippen LogP contribution in [0.1, 0.15) is 51.5 Å². The maximum atomic E-state index is 13.1. The van der Waals surface area contributed by atoms with Crippen molar-refractivity contribution in [2.45, 2.75) is 63.8 Å². The normalized spacial score (nSPS) is 21.9. The quantitative estimate of drug-likeness (QED) is 0.713. The van der Waals surface area contributed by atoms with Crippen LogP contribution in [0.15, 0.2) is 28.1 Å². The average Bonchev–Trinajstić information content (AvgIpc) is 2.67. The van der Waals surface area contributed by atoms with Gasteiger partial charge in [-0.05, 0) is 81.8 Å². The Bertz CT molecular complexity index is 760. The number of aryl methyl sites for hydroxylation is 1. The summed E-state index contributed by atoms with van der Waals surface area (Å²) in [4.78, 5) is 7.36. The molecule has 6 heteroatoms. The van der Waals surface area contributed by atoms with E-state index in [1.54, 1.807) is 16.4 Å². The van der Waals surface area contributed by atoms with Gasteiger partial charge in [-0.25, -0.2) is 8.42 Å². The Kier molecular flexibility index (Phi) is 6.71. The molecule has 0 unspecified atom stereocenters. The molecule has 0 atom stereocenters. The molecule has 5 nitrogen and oxygen atoms in total.